The van der Waals surface area contributed by atoms with Gasteiger partial charge in [0, 0.05) is 11.2 Å². The maximum atomic E-state index is 5.86. The van der Waals surface area contributed by atoms with Gasteiger partial charge in [0.1, 0.15) is 0 Å². The predicted octanol–water partition coefficient (Wildman–Crippen LogP) is 2.55. The van der Waals surface area contributed by atoms with E-state index in [1.54, 1.807) is 0 Å². The highest BCUT2D eigenvalue weighted by Crippen LogP contribution is 2.15. The summed E-state index contributed by atoms with van der Waals surface area (Å²) in [5.41, 5.74) is 2.20. The van der Waals surface area contributed by atoms with E-state index >= 15 is 0 Å². The topological polar surface area (TPSA) is 17.3 Å². The minimum absolute atomic E-state index is 0.762. The van der Waals surface area contributed by atoms with Gasteiger partial charge in [-0.1, -0.05) is 18.5 Å². The minimum Gasteiger partial charge on any atom is -0.306 e. The maximum Gasteiger partial charge on any atom is 0.0995 e. The van der Waals surface area contributed by atoms with Crippen molar-refractivity contribution in [1.82, 2.24) is 9.38 Å². The van der Waals surface area contributed by atoms with E-state index in [1.807, 2.05) is 29.1 Å². The number of hydrogen-bond acceptors (Lipinski definition) is 1. The number of rotatable bonds is 1. The van der Waals surface area contributed by atoms with Gasteiger partial charge in [-0.3, -0.25) is 0 Å². The van der Waals surface area contributed by atoms with Crippen molar-refractivity contribution in [2.45, 2.75) is 13.3 Å². The molecule has 2 rings (SSSR count). The van der Waals surface area contributed by atoms with E-state index in [9.17, 15) is 0 Å². The Labute approximate surface area is 75.8 Å². The Morgan fingerprint density at radius 1 is 1.58 bits per heavy atom. The minimum atomic E-state index is 0.762. The number of aromatic nitrogens is 2. The first-order valence-corrected chi connectivity index (χ1v) is 4.30. The van der Waals surface area contributed by atoms with Crippen molar-refractivity contribution in [3.63, 3.8) is 0 Å². The summed E-state index contributed by atoms with van der Waals surface area (Å²) in [5.74, 6) is 0. The monoisotopic (exact) mass is 180 g/mol. The van der Waals surface area contributed by atoms with Crippen LogP contribution in [-0.4, -0.2) is 9.38 Å². The summed E-state index contributed by atoms with van der Waals surface area (Å²) >= 11 is 5.86. The molecular formula is C9H9ClN2. The largest absolute Gasteiger partial charge is 0.306 e. The second-order valence-electron chi connectivity index (χ2n) is 2.68. The Bertz CT molecular complexity index is 406. The SMILES string of the molecule is CCc1ncn2ccc(Cl)cc12. The quantitative estimate of drug-likeness (QED) is 0.660. The Morgan fingerprint density at radius 3 is 3.17 bits per heavy atom. The van der Waals surface area contributed by atoms with Crippen molar-refractivity contribution in [3.05, 3.63) is 35.4 Å². The summed E-state index contributed by atoms with van der Waals surface area (Å²) in [6.07, 6.45) is 4.67. The van der Waals surface area contributed by atoms with Crippen molar-refractivity contribution < 1.29 is 0 Å². The van der Waals surface area contributed by atoms with Crippen LogP contribution in [0.5, 0.6) is 0 Å². The molecule has 0 saturated carbocycles. The van der Waals surface area contributed by atoms with Crippen LogP contribution in [0.3, 0.4) is 0 Å². The zero-order chi connectivity index (χ0) is 8.55. The molecule has 3 heteroatoms. The van der Waals surface area contributed by atoms with Crippen LogP contribution in [0.1, 0.15) is 12.6 Å². The second kappa shape index (κ2) is 2.79. The molecule has 0 unspecified atom stereocenters. The van der Waals surface area contributed by atoms with E-state index in [-0.39, 0.29) is 0 Å². The highest BCUT2D eigenvalue weighted by atomic mass is 35.5. The van der Waals surface area contributed by atoms with Crippen LogP contribution >= 0.6 is 11.6 Å². The number of aryl methyl sites for hydroxylation is 1. The lowest BCUT2D eigenvalue weighted by Gasteiger charge is -1.95. The van der Waals surface area contributed by atoms with E-state index in [4.69, 9.17) is 11.6 Å². The van der Waals surface area contributed by atoms with E-state index in [2.05, 4.69) is 11.9 Å². The molecular weight excluding hydrogens is 172 g/mol. The molecule has 0 aliphatic rings. The molecule has 2 aromatic heterocycles. The van der Waals surface area contributed by atoms with Gasteiger partial charge in [-0.2, -0.15) is 0 Å². The van der Waals surface area contributed by atoms with E-state index < -0.39 is 0 Å². The van der Waals surface area contributed by atoms with Crippen molar-refractivity contribution in [3.8, 4) is 0 Å². The van der Waals surface area contributed by atoms with E-state index in [1.165, 1.54) is 0 Å². The average Bonchev–Trinajstić information content (AvgIpc) is 2.46. The molecule has 0 N–H and O–H groups in total. The van der Waals surface area contributed by atoms with Gasteiger partial charge in [-0.25, -0.2) is 4.98 Å². The van der Waals surface area contributed by atoms with Crippen LogP contribution in [0, 0.1) is 0 Å². The fourth-order valence-electron chi connectivity index (χ4n) is 1.29. The standard InChI is InChI=1S/C9H9ClN2/c1-2-8-9-5-7(10)3-4-12(9)6-11-8/h3-6H,2H2,1H3. The van der Waals surface area contributed by atoms with Gasteiger partial charge >= 0.3 is 0 Å². The molecule has 0 aliphatic heterocycles. The zero-order valence-electron chi connectivity index (χ0n) is 6.79. The van der Waals surface area contributed by atoms with Crippen LogP contribution in [0.4, 0.5) is 0 Å². The Hall–Kier alpha value is -1.02. The number of pyridine rings is 1. The van der Waals surface area contributed by atoms with E-state index in [0.29, 0.717) is 0 Å². The third-order valence-electron chi connectivity index (χ3n) is 1.92. The van der Waals surface area contributed by atoms with Crippen LogP contribution in [0.25, 0.3) is 5.52 Å². The molecule has 12 heavy (non-hydrogen) atoms. The van der Waals surface area contributed by atoms with Crippen LogP contribution in [0.15, 0.2) is 24.7 Å². The molecule has 0 atom stereocenters. The fourth-order valence-corrected chi connectivity index (χ4v) is 1.45. The molecule has 2 heterocycles. The lowest BCUT2D eigenvalue weighted by atomic mass is 10.3. The molecule has 0 spiro atoms. The maximum absolute atomic E-state index is 5.86. The number of halogens is 1. The Balaban J connectivity index is 2.75. The zero-order valence-corrected chi connectivity index (χ0v) is 7.54. The van der Waals surface area contributed by atoms with E-state index in [0.717, 1.165) is 22.7 Å². The fraction of sp³-hybridized carbons (Fsp3) is 0.222. The molecule has 0 amide bonds. The Morgan fingerprint density at radius 2 is 2.42 bits per heavy atom. The predicted molar refractivity (Wildman–Crippen MR) is 49.6 cm³/mol. The third kappa shape index (κ3) is 1.08. The first-order valence-electron chi connectivity index (χ1n) is 3.92. The van der Waals surface area contributed by atoms with Crippen molar-refractivity contribution in [1.29, 1.82) is 0 Å². The van der Waals surface area contributed by atoms with Gasteiger partial charge in [-0.15, -0.1) is 0 Å². The molecule has 0 radical (unpaired) electrons. The summed E-state index contributed by atoms with van der Waals surface area (Å²) in [7, 11) is 0. The van der Waals surface area contributed by atoms with Gasteiger partial charge in [0.25, 0.3) is 0 Å². The lowest BCUT2D eigenvalue weighted by molar-refractivity contribution is 1.07. The summed E-state index contributed by atoms with van der Waals surface area (Å²) in [6, 6.07) is 3.79. The molecule has 0 aliphatic carbocycles. The summed E-state index contributed by atoms with van der Waals surface area (Å²) < 4.78 is 1.98. The average molecular weight is 181 g/mol. The summed E-state index contributed by atoms with van der Waals surface area (Å²) in [5, 5.41) is 0.762. The molecule has 0 aromatic carbocycles. The number of imidazole rings is 1. The number of fused-ring (bicyclic) bond motifs is 1. The van der Waals surface area contributed by atoms with Crippen molar-refractivity contribution >= 4 is 17.1 Å². The van der Waals surface area contributed by atoms with Gasteiger partial charge in [0.15, 0.2) is 0 Å². The number of hydrogen-bond donors (Lipinski definition) is 0. The van der Waals surface area contributed by atoms with Gasteiger partial charge in [-0.05, 0) is 18.6 Å². The lowest BCUT2D eigenvalue weighted by Crippen LogP contribution is -1.83. The summed E-state index contributed by atoms with van der Waals surface area (Å²) in [4.78, 5) is 4.26. The molecule has 0 bridgehead atoms. The first kappa shape index (κ1) is 7.62. The molecule has 0 saturated heterocycles. The summed E-state index contributed by atoms with van der Waals surface area (Å²) in [6.45, 7) is 2.09. The molecule has 0 fully saturated rings. The highest BCUT2D eigenvalue weighted by molar-refractivity contribution is 6.30. The van der Waals surface area contributed by atoms with Crippen LogP contribution < -0.4 is 0 Å². The molecule has 62 valence electrons. The normalized spacial score (nSPS) is 10.8. The first-order chi connectivity index (χ1) is 5.81. The van der Waals surface area contributed by atoms with Gasteiger partial charge < -0.3 is 4.40 Å². The van der Waals surface area contributed by atoms with Crippen LogP contribution in [0.2, 0.25) is 5.02 Å². The molecule has 2 aromatic rings. The highest BCUT2D eigenvalue weighted by Gasteiger charge is 2.01. The van der Waals surface area contributed by atoms with Crippen molar-refractivity contribution in [2.75, 3.05) is 0 Å². The van der Waals surface area contributed by atoms with Gasteiger partial charge in [0.2, 0.25) is 0 Å². The Kier molecular flexibility index (Phi) is 1.77. The third-order valence-corrected chi connectivity index (χ3v) is 2.15. The van der Waals surface area contributed by atoms with Crippen LogP contribution in [-0.2, 0) is 6.42 Å². The second-order valence-corrected chi connectivity index (χ2v) is 3.12. The smallest absolute Gasteiger partial charge is 0.0995 e. The van der Waals surface area contributed by atoms with Gasteiger partial charge in [0.05, 0.1) is 17.5 Å². The van der Waals surface area contributed by atoms with Crippen molar-refractivity contribution in [2.24, 2.45) is 0 Å². The molecule has 2 nitrogen and oxygen atoms in total. The number of nitrogens with zero attached hydrogens (tertiary/aromatic N) is 2.